The van der Waals surface area contributed by atoms with Gasteiger partial charge in [-0.15, -0.1) is 0 Å². The van der Waals surface area contributed by atoms with E-state index in [2.05, 4.69) is 5.32 Å². The average molecular weight is 593 g/mol. The highest BCUT2D eigenvalue weighted by Gasteiger charge is 2.34. The van der Waals surface area contributed by atoms with Crippen molar-refractivity contribution in [1.29, 1.82) is 0 Å². The van der Waals surface area contributed by atoms with Crippen LogP contribution in [0.5, 0.6) is 5.75 Å². The SMILES string of the molecule is CC[C@@H](C(=O)NC)N(Cc1ccc(OC)cc1)C(=O)CN(c1cccc(Cl)c1Cl)S(=O)(=O)c1ccc(C)cc1. The van der Waals surface area contributed by atoms with Gasteiger partial charge in [-0.1, -0.05) is 66.0 Å². The molecule has 0 aliphatic heterocycles. The summed E-state index contributed by atoms with van der Waals surface area (Å²) in [4.78, 5) is 28.1. The second kappa shape index (κ2) is 13.2. The molecule has 0 heterocycles. The van der Waals surface area contributed by atoms with Gasteiger partial charge in [0.05, 0.1) is 27.7 Å². The summed E-state index contributed by atoms with van der Waals surface area (Å²) in [7, 11) is -1.22. The normalized spacial score (nSPS) is 11.9. The Labute approximate surface area is 239 Å². The molecule has 1 atom stereocenters. The van der Waals surface area contributed by atoms with E-state index >= 15 is 0 Å². The predicted octanol–water partition coefficient (Wildman–Crippen LogP) is 5.06. The lowest BCUT2D eigenvalue weighted by Gasteiger charge is -2.33. The maximum atomic E-state index is 13.9. The molecule has 0 aliphatic carbocycles. The monoisotopic (exact) mass is 591 g/mol. The summed E-state index contributed by atoms with van der Waals surface area (Å²) in [6, 6.07) is 17.1. The molecule has 3 aromatic rings. The van der Waals surface area contributed by atoms with Gasteiger partial charge in [0.2, 0.25) is 11.8 Å². The van der Waals surface area contributed by atoms with E-state index in [0.29, 0.717) is 12.2 Å². The number of amides is 2. The molecule has 0 radical (unpaired) electrons. The van der Waals surface area contributed by atoms with Gasteiger partial charge in [0, 0.05) is 13.6 Å². The molecule has 1 N–H and O–H groups in total. The molecule has 39 heavy (non-hydrogen) atoms. The number of likely N-dealkylation sites (N-methyl/N-ethyl adjacent to an activating group) is 1. The number of hydrogen-bond donors (Lipinski definition) is 1. The van der Waals surface area contributed by atoms with E-state index in [1.165, 1.54) is 36.2 Å². The number of aryl methyl sites for hydroxylation is 1. The minimum atomic E-state index is -4.25. The molecule has 8 nitrogen and oxygen atoms in total. The number of hydrogen-bond acceptors (Lipinski definition) is 5. The van der Waals surface area contributed by atoms with E-state index < -0.39 is 28.5 Å². The zero-order valence-electron chi connectivity index (χ0n) is 22.1. The third-order valence-electron chi connectivity index (χ3n) is 6.23. The molecule has 0 aromatic heterocycles. The topological polar surface area (TPSA) is 96.0 Å². The Hall–Kier alpha value is -3.27. The number of nitrogens with zero attached hydrogens (tertiary/aromatic N) is 2. The average Bonchev–Trinajstić information content (AvgIpc) is 2.93. The first-order chi connectivity index (χ1) is 18.5. The summed E-state index contributed by atoms with van der Waals surface area (Å²) < 4.78 is 33.9. The zero-order valence-corrected chi connectivity index (χ0v) is 24.5. The van der Waals surface area contributed by atoms with Crippen molar-refractivity contribution in [2.24, 2.45) is 0 Å². The van der Waals surface area contributed by atoms with E-state index in [0.717, 1.165) is 15.4 Å². The van der Waals surface area contributed by atoms with Crippen molar-refractivity contribution in [2.45, 2.75) is 37.8 Å². The quantitative estimate of drug-likeness (QED) is 0.336. The van der Waals surface area contributed by atoms with Crippen LogP contribution in [0.1, 0.15) is 24.5 Å². The first-order valence-electron chi connectivity index (χ1n) is 12.2. The molecule has 0 unspecified atom stereocenters. The molecule has 3 rings (SSSR count). The Morgan fingerprint density at radius 2 is 1.64 bits per heavy atom. The van der Waals surface area contributed by atoms with Gasteiger partial charge in [-0.2, -0.15) is 0 Å². The lowest BCUT2D eigenvalue weighted by molar-refractivity contribution is -0.140. The largest absolute Gasteiger partial charge is 0.497 e. The number of carbonyl (C=O) groups excluding carboxylic acids is 2. The summed E-state index contributed by atoms with van der Waals surface area (Å²) in [5.74, 6) is -0.318. The van der Waals surface area contributed by atoms with E-state index in [9.17, 15) is 18.0 Å². The first-order valence-corrected chi connectivity index (χ1v) is 14.4. The minimum absolute atomic E-state index is 0.0114. The van der Waals surface area contributed by atoms with Crippen molar-refractivity contribution in [3.05, 3.63) is 87.9 Å². The zero-order chi connectivity index (χ0) is 28.7. The third-order valence-corrected chi connectivity index (χ3v) is 8.81. The lowest BCUT2D eigenvalue weighted by atomic mass is 10.1. The number of methoxy groups -OCH3 is 1. The van der Waals surface area contributed by atoms with Crippen LogP contribution in [0.3, 0.4) is 0 Å². The number of halogens is 2. The number of ether oxygens (including phenoxy) is 1. The van der Waals surface area contributed by atoms with Gasteiger partial charge in [0.25, 0.3) is 10.0 Å². The summed E-state index contributed by atoms with van der Waals surface area (Å²) in [6.45, 7) is 3.07. The van der Waals surface area contributed by atoms with Crippen molar-refractivity contribution in [3.8, 4) is 5.75 Å². The van der Waals surface area contributed by atoms with Crippen LogP contribution in [0.2, 0.25) is 10.0 Å². The van der Waals surface area contributed by atoms with E-state index in [4.69, 9.17) is 27.9 Å². The summed E-state index contributed by atoms with van der Waals surface area (Å²) in [6.07, 6.45) is 0.310. The molecular weight excluding hydrogens is 561 g/mol. The molecule has 11 heteroatoms. The molecule has 0 saturated carbocycles. The van der Waals surface area contributed by atoms with Gasteiger partial charge >= 0.3 is 0 Å². The number of anilines is 1. The lowest BCUT2D eigenvalue weighted by Crippen LogP contribution is -2.51. The van der Waals surface area contributed by atoms with Gasteiger partial charge in [-0.3, -0.25) is 13.9 Å². The van der Waals surface area contributed by atoms with Crippen LogP contribution in [0.25, 0.3) is 0 Å². The molecule has 0 bridgehead atoms. The fourth-order valence-electron chi connectivity index (χ4n) is 4.05. The van der Waals surface area contributed by atoms with E-state index in [1.807, 2.05) is 6.92 Å². The van der Waals surface area contributed by atoms with Crippen LogP contribution in [0, 0.1) is 6.92 Å². The summed E-state index contributed by atoms with van der Waals surface area (Å²) in [5, 5.41) is 2.72. The smallest absolute Gasteiger partial charge is 0.264 e. The molecule has 0 aliphatic rings. The van der Waals surface area contributed by atoms with Crippen molar-refractivity contribution in [1.82, 2.24) is 10.2 Å². The third kappa shape index (κ3) is 7.03. The van der Waals surface area contributed by atoms with Gasteiger partial charge in [0.15, 0.2) is 0 Å². The van der Waals surface area contributed by atoms with Gasteiger partial charge in [-0.25, -0.2) is 8.42 Å². The fraction of sp³-hybridized carbons (Fsp3) is 0.286. The highest BCUT2D eigenvalue weighted by Crippen LogP contribution is 2.35. The van der Waals surface area contributed by atoms with Gasteiger partial charge in [-0.05, 0) is 55.3 Å². The molecule has 0 spiro atoms. The highest BCUT2D eigenvalue weighted by atomic mass is 35.5. The van der Waals surface area contributed by atoms with Crippen LogP contribution < -0.4 is 14.4 Å². The maximum Gasteiger partial charge on any atom is 0.264 e. The Balaban J connectivity index is 2.09. The predicted molar refractivity (Wildman–Crippen MR) is 154 cm³/mol. The molecule has 208 valence electrons. The molecule has 2 amide bonds. The standard InChI is InChI=1S/C28H31Cl2N3O5S/c1-5-24(28(35)31-3)32(17-20-11-13-21(38-4)14-12-20)26(34)18-33(25-8-6-7-23(29)27(25)30)39(36,37)22-15-9-19(2)10-16-22/h6-16,24H,5,17-18H2,1-4H3,(H,31,35)/t24-/m0/s1. The van der Waals surface area contributed by atoms with Crippen molar-refractivity contribution < 1.29 is 22.7 Å². The Bertz CT molecular complexity index is 1410. The molecular formula is C28H31Cl2N3O5S. The number of benzene rings is 3. The van der Waals surface area contributed by atoms with Crippen LogP contribution in [-0.2, 0) is 26.2 Å². The van der Waals surface area contributed by atoms with E-state index in [1.54, 1.807) is 56.5 Å². The van der Waals surface area contributed by atoms with Crippen molar-refractivity contribution in [3.63, 3.8) is 0 Å². The highest BCUT2D eigenvalue weighted by molar-refractivity contribution is 7.92. The van der Waals surface area contributed by atoms with Gasteiger partial charge < -0.3 is 15.0 Å². The van der Waals surface area contributed by atoms with Crippen molar-refractivity contribution >= 4 is 50.7 Å². The van der Waals surface area contributed by atoms with Gasteiger partial charge in [0.1, 0.15) is 18.3 Å². The summed E-state index contributed by atoms with van der Waals surface area (Å²) >= 11 is 12.7. The number of rotatable bonds is 11. The van der Waals surface area contributed by atoms with Crippen LogP contribution in [0.4, 0.5) is 5.69 Å². The molecule has 0 fully saturated rings. The van der Waals surface area contributed by atoms with Crippen LogP contribution >= 0.6 is 23.2 Å². The number of nitrogens with one attached hydrogen (secondary N) is 1. The van der Waals surface area contributed by atoms with Crippen LogP contribution in [-0.4, -0.2) is 51.9 Å². The Kier molecular flexibility index (Phi) is 10.2. The maximum absolute atomic E-state index is 13.9. The Morgan fingerprint density at radius 3 is 2.21 bits per heavy atom. The second-order valence-electron chi connectivity index (χ2n) is 8.81. The van der Waals surface area contributed by atoms with E-state index in [-0.39, 0.29) is 33.1 Å². The Morgan fingerprint density at radius 1 is 1.00 bits per heavy atom. The number of carbonyl (C=O) groups is 2. The van der Waals surface area contributed by atoms with Crippen molar-refractivity contribution in [2.75, 3.05) is 25.0 Å². The summed E-state index contributed by atoms with van der Waals surface area (Å²) in [5.41, 5.74) is 1.66. The van der Waals surface area contributed by atoms with Crippen LogP contribution in [0.15, 0.2) is 71.6 Å². The molecule has 3 aromatic carbocycles. The molecule has 0 saturated heterocycles. The minimum Gasteiger partial charge on any atom is -0.497 e. The second-order valence-corrected chi connectivity index (χ2v) is 11.5. The first kappa shape index (κ1) is 30.3. The fourth-order valence-corrected chi connectivity index (χ4v) is 5.92. The number of sulfonamides is 1.